The lowest BCUT2D eigenvalue weighted by Crippen LogP contribution is -2.94. The molecule has 0 aliphatic heterocycles. The number of carboxylic acids is 1. The molecule has 0 spiro atoms. The lowest BCUT2D eigenvalue weighted by atomic mass is 10.1. The van der Waals surface area contributed by atoms with Crippen molar-refractivity contribution in [2.24, 2.45) is 0 Å². The van der Waals surface area contributed by atoms with E-state index in [2.05, 4.69) is 10.6 Å². The Balaban J connectivity index is 1.88. The number of carbonyl (C=O) groups excluding carboxylic acids is 2. The van der Waals surface area contributed by atoms with E-state index in [1.807, 2.05) is 31.2 Å². The first-order valence-electron chi connectivity index (χ1n) is 9.16. The van der Waals surface area contributed by atoms with Crippen LogP contribution in [-0.4, -0.2) is 35.9 Å². The molecule has 0 saturated carbocycles. The monoisotopic (exact) mass is 400 g/mol. The fourth-order valence-electron chi connectivity index (χ4n) is 2.78. The van der Waals surface area contributed by atoms with Crippen LogP contribution >= 0.6 is 0 Å². The molecule has 0 unspecified atom stereocenters. The minimum absolute atomic E-state index is 0.156. The molecule has 0 radical (unpaired) electrons. The molecule has 2 rings (SSSR count). The zero-order chi connectivity index (χ0) is 21.4. The van der Waals surface area contributed by atoms with E-state index in [-0.39, 0.29) is 17.8 Å². The molecule has 1 atom stereocenters. The summed E-state index contributed by atoms with van der Waals surface area (Å²) >= 11 is 0. The number of non-ortho nitro benzene ring substituents is 1. The second-order valence-corrected chi connectivity index (χ2v) is 6.75. The zero-order valence-corrected chi connectivity index (χ0v) is 16.3. The summed E-state index contributed by atoms with van der Waals surface area (Å²) in [6.07, 6.45) is -0.311. The molecule has 9 heteroatoms. The van der Waals surface area contributed by atoms with Gasteiger partial charge in [-0.1, -0.05) is 18.2 Å². The molecule has 0 aliphatic rings. The first-order chi connectivity index (χ1) is 13.8. The van der Waals surface area contributed by atoms with E-state index in [4.69, 9.17) is 0 Å². The highest BCUT2D eigenvalue weighted by atomic mass is 16.6. The number of aryl methyl sites for hydroxylation is 2. The van der Waals surface area contributed by atoms with Gasteiger partial charge in [0.15, 0.2) is 0 Å². The minimum Gasteiger partial charge on any atom is -0.544 e. The molecule has 29 heavy (non-hydrogen) atoms. The van der Waals surface area contributed by atoms with E-state index in [1.165, 1.54) is 23.5 Å². The molecule has 154 valence electrons. The molecule has 1 amide bonds. The van der Waals surface area contributed by atoms with Crippen LogP contribution in [0.2, 0.25) is 0 Å². The summed E-state index contributed by atoms with van der Waals surface area (Å²) in [5.41, 5.74) is 2.81. The van der Waals surface area contributed by atoms with Gasteiger partial charge in [-0.25, -0.2) is 0 Å². The predicted octanol–water partition coefficient (Wildman–Crippen LogP) is 0.334. The van der Waals surface area contributed by atoms with Crippen LogP contribution in [0.5, 0.6) is 0 Å². The molecular weight excluding hydrogens is 376 g/mol. The SMILES string of the molecule is Cc1cccc(NCC[NH2+][C@@H](CC(=O)Nc2cc([N+](=O)[O-])ccc2C)C(=O)[O-])c1. The van der Waals surface area contributed by atoms with Crippen LogP contribution in [0.15, 0.2) is 42.5 Å². The fourth-order valence-corrected chi connectivity index (χ4v) is 2.78. The van der Waals surface area contributed by atoms with Gasteiger partial charge in [-0.05, 0) is 37.1 Å². The summed E-state index contributed by atoms with van der Waals surface area (Å²) in [7, 11) is 0. The van der Waals surface area contributed by atoms with Gasteiger partial charge >= 0.3 is 0 Å². The van der Waals surface area contributed by atoms with E-state index in [0.29, 0.717) is 18.7 Å². The minimum atomic E-state index is -1.34. The van der Waals surface area contributed by atoms with Crippen molar-refractivity contribution >= 4 is 28.9 Å². The molecule has 0 bridgehead atoms. The third kappa shape index (κ3) is 6.89. The Kier molecular flexibility index (Phi) is 7.67. The molecular formula is C20H24N4O5. The van der Waals surface area contributed by atoms with Crippen LogP contribution < -0.4 is 21.1 Å². The Labute approximate surface area is 168 Å². The lowest BCUT2D eigenvalue weighted by molar-refractivity contribution is -0.680. The maximum atomic E-state index is 12.2. The number of nitro groups is 1. The van der Waals surface area contributed by atoms with Crippen molar-refractivity contribution in [3.8, 4) is 0 Å². The van der Waals surface area contributed by atoms with Gasteiger partial charge in [0.2, 0.25) is 5.91 Å². The number of carbonyl (C=O) groups is 2. The van der Waals surface area contributed by atoms with Crippen LogP contribution in [0.1, 0.15) is 17.5 Å². The van der Waals surface area contributed by atoms with Gasteiger partial charge in [0.1, 0.15) is 6.04 Å². The van der Waals surface area contributed by atoms with E-state index < -0.39 is 22.8 Å². The summed E-state index contributed by atoms with van der Waals surface area (Å²) < 4.78 is 0. The number of rotatable bonds is 10. The first-order valence-corrected chi connectivity index (χ1v) is 9.16. The molecule has 0 aliphatic carbocycles. The average molecular weight is 400 g/mol. The Hall–Kier alpha value is -3.46. The maximum absolute atomic E-state index is 12.2. The van der Waals surface area contributed by atoms with Crippen molar-refractivity contribution < 1.29 is 24.9 Å². The average Bonchev–Trinajstić information content (AvgIpc) is 2.65. The number of amides is 1. The Bertz CT molecular complexity index is 900. The second-order valence-electron chi connectivity index (χ2n) is 6.75. The zero-order valence-electron chi connectivity index (χ0n) is 16.3. The number of carboxylic acid groups (broad SMARTS) is 1. The van der Waals surface area contributed by atoms with Crippen molar-refractivity contribution in [1.82, 2.24) is 0 Å². The third-order valence-electron chi connectivity index (χ3n) is 4.36. The highest BCUT2D eigenvalue weighted by Gasteiger charge is 2.19. The number of quaternary nitrogens is 1. The topological polar surface area (TPSA) is 141 Å². The van der Waals surface area contributed by atoms with Crippen molar-refractivity contribution in [3.05, 3.63) is 63.7 Å². The van der Waals surface area contributed by atoms with Crippen LogP contribution in [-0.2, 0) is 9.59 Å². The Morgan fingerprint density at radius 3 is 2.59 bits per heavy atom. The largest absolute Gasteiger partial charge is 0.544 e. The quantitative estimate of drug-likeness (QED) is 0.298. The maximum Gasteiger partial charge on any atom is 0.271 e. The van der Waals surface area contributed by atoms with Gasteiger partial charge in [0.05, 0.1) is 36.1 Å². The van der Waals surface area contributed by atoms with Crippen LogP contribution in [0.3, 0.4) is 0 Å². The predicted molar refractivity (Wildman–Crippen MR) is 106 cm³/mol. The highest BCUT2D eigenvalue weighted by Crippen LogP contribution is 2.22. The van der Waals surface area contributed by atoms with Gasteiger partial charge in [0.25, 0.3) is 5.69 Å². The van der Waals surface area contributed by atoms with Crippen molar-refractivity contribution in [2.75, 3.05) is 23.7 Å². The van der Waals surface area contributed by atoms with E-state index in [0.717, 1.165) is 11.3 Å². The fraction of sp³-hybridized carbons (Fsp3) is 0.300. The second kappa shape index (κ2) is 10.2. The lowest BCUT2D eigenvalue weighted by Gasteiger charge is -2.17. The van der Waals surface area contributed by atoms with E-state index >= 15 is 0 Å². The number of benzene rings is 2. The molecule has 4 N–H and O–H groups in total. The molecule has 2 aromatic rings. The molecule has 0 aromatic heterocycles. The standard InChI is InChI=1S/C20H24N4O5/c1-13-4-3-5-15(10-13)21-8-9-22-18(20(26)27)12-19(25)23-17-11-16(24(28)29)7-6-14(17)2/h3-7,10-11,18,21-22H,8-9,12H2,1-2H3,(H,23,25)(H,26,27)/t18-/m0/s1. The number of aliphatic carboxylic acids is 1. The Morgan fingerprint density at radius 2 is 1.93 bits per heavy atom. The van der Waals surface area contributed by atoms with Crippen LogP contribution in [0.4, 0.5) is 17.1 Å². The van der Waals surface area contributed by atoms with Gasteiger partial charge < -0.3 is 25.9 Å². The molecule has 9 nitrogen and oxygen atoms in total. The van der Waals surface area contributed by atoms with Crippen molar-refractivity contribution in [3.63, 3.8) is 0 Å². The first kappa shape index (κ1) is 21.8. The molecule has 0 heterocycles. The van der Waals surface area contributed by atoms with Crippen LogP contribution in [0, 0.1) is 24.0 Å². The van der Waals surface area contributed by atoms with E-state index in [1.54, 1.807) is 6.92 Å². The van der Waals surface area contributed by atoms with Crippen molar-refractivity contribution in [2.45, 2.75) is 26.3 Å². The number of anilines is 2. The number of nitrogens with zero attached hydrogens (tertiary/aromatic N) is 1. The number of hydrogen-bond donors (Lipinski definition) is 3. The summed E-state index contributed by atoms with van der Waals surface area (Å²) in [5.74, 6) is -1.89. The van der Waals surface area contributed by atoms with Gasteiger partial charge in [-0.2, -0.15) is 0 Å². The number of hydrogen-bond acceptors (Lipinski definition) is 6. The summed E-state index contributed by atoms with van der Waals surface area (Å²) in [5, 5.41) is 29.5. The van der Waals surface area contributed by atoms with Gasteiger partial charge in [-0.15, -0.1) is 0 Å². The van der Waals surface area contributed by atoms with Crippen molar-refractivity contribution in [1.29, 1.82) is 0 Å². The van der Waals surface area contributed by atoms with Crippen LogP contribution in [0.25, 0.3) is 0 Å². The normalized spacial score (nSPS) is 11.5. The number of nitro benzene ring substituents is 1. The van der Waals surface area contributed by atoms with Gasteiger partial charge in [0, 0.05) is 17.8 Å². The third-order valence-corrected chi connectivity index (χ3v) is 4.36. The summed E-state index contributed by atoms with van der Waals surface area (Å²) in [6, 6.07) is 10.8. The smallest absolute Gasteiger partial charge is 0.271 e. The Morgan fingerprint density at radius 1 is 1.17 bits per heavy atom. The van der Waals surface area contributed by atoms with E-state index in [9.17, 15) is 24.8 Å². The highest BCUT2D eigenvalue weighted by molar-refractivity contribution is 5.94. The summed E-state index contributed by atoms with van der Waals surface area (Å²) in [6.45, 7) is 4.61. The number of nitrogens with two attached hydrogens (primary N) is 1. The summed E-state index contributed by atoms with van der Waals surface area (Å²) in [4.78, 5) is 33.9. The molecule has 2 aromatic carbocycles. The van der Waals surface area contributed by atoms with Gasteiger partial charge in [-0.3, -0.25) is 14.9 Å². The number of nitrogens with one attached hydrogen (secondary N) is 2. The molecule has 0 fully saturated rings. The molecule has 0 saturated heterocycles.